The van der Waals surface area contributed by atoms with Gasteiger partial charge >= 0.3 is 0 Å². The maximum absolute atomic E-state index is 14.8. The highest BCUT2D eigenvalue weighted by Crippen LogP contribution is 2.41. The fourth-order valence-electron chi connectivity index (χ4n) is 2.92. The van der Waals surface area contributed by atoms with Crippen molar-refractivity contribution in [2.45, 2.75) is 20.8 Å². The number of likely N-dealkylation sites (N-methyl/N-ethyl adjacent to an activating group) is 1. The van der Waals surface area contributed by atoms with E-state index < -0.39 is 17.5 Å². The molecule has 0 saturated carbocycles. The summed E-state index contributed by atoms with van der Waals surface area (Å²) in [6, 6.07) is 11.1. The summed E-state index contributed by atoms with van der Waals surface area (Å²) in [6.07, 6.45) is 1.25. The average Bonchev–Trinajstić information content (AvgIpc) is 2.69. The number of hydrogen-bond acceptors (Lipinski definition) is 2. The molecule has 148 valence electrons. The molecular weight excluding hydrogens is 363 g/mol. The minimum Gasteiger partial charge on any atom is -0.494 e. The van der Waals surface area contributed by atoms with Gasteiger partial charge in [-0.05, 0) is 18.6 Å². The quantitative estimate of drug-likeness (QED) is 0.588. The van der Waals surface area contributed by atoms with Gasteiger partial charge in [-0.2, -0.15) is 0 Å². The van der Waals surface area contributed by atoms with Crippen LogP contribution in [0.15, 0.2) is 66.6 Å². The summed E-state index contributed by atoms with van der Waals surface area (Å²) in [4.78, 5) is 1.36. The Morgan fingerprint density at radius 3 is 2.11 bits per heavy atom. The lowest BCUT2D eigenvalue weighted by Crippen LogP contribution is -2.22. The minimum atomic E-state index is -0.785. The molecule has 0 aliphatic carbocycles. The summed E-state index contributed by atoms with van der Waals surface area (Å²) in [5, 5.41) is 0. The Kier molecular flexibility index (Phi) is 7.10. The van der Waals surface area contributed by atoms with Gasteiger partial charge in [-0.25, -0.2) is 13.2 Å². The third-order valence-electron chi connectivity index (χ3n) is 4.19. The molecule has 2 aromatic rings. The van der Waals surface area contributed by atoms with Crippen LogP contribution in [0.2, 0.25) is 0 Å². The SMILES string of the molecule is C=C1C(F)=CC(c2ccccc2)=C(c2c(F)cc(OCC)cc2F)N1C.CC. The largest absolute Gasteiger partial charge is 0.494 e. The second kappa shape index (κ2) is 9.31. The van der Waals surface area contributed by atoms with E-state index in [-0.39, 0.29) is 22.7 Å². The summed E-state index contributed by atoms with van der Waals surface area (Å²) >= 11 is 0. The van der Waals surface area contributed by atoms with Gasteiger partial charge in [-0.3, -0.25) is 0 Å². The molecule has 2 nitrogen and oxygen atoms in total. The summed E-state index contributed by atoms with van der Waals surface area (Å²) in [5.41, 5.74) is 1.01. The number of nitrogens with zero attached hydrogens (tertiary/aromatic N) is 1. The van der Waals surface area contributed by atoms with Crippen molar-refractivity contribution in [3.63, 3.8) is 0 Å². The van der Waals surface area contributed by atoms with Crippen molar-refractivity contribution >= 4 is 11.3 Å². The second-order valence-electron chi connectivity index (χ2n) is 5.82. The van der Waals surface area contributed by atoms with Crippen LogP contribution in [-0.4, -0.2) is 18.6 Å². The van der Waals surface area contributed by atoms with Crippen LogP contribution < -0.4 is 4.74 Å². The van der Waals surface area contributed by atoms with Crippen LogP contribution in [0.4, 0.5) is 13.2 Å². The maximum atomic E-state index is 14.8. The lowest BCUT2D eigenvalue weighted by atomic mass is 9.94. The van der Waals surface area contributed by atoms with E-state index in [0.29, 0.717) is 17.7 Å². The Morgan fingerprint density at radius 2 is 1.57 bits per heavy atom. The Balaban J connectivity index is 0.00000136. The maximum Gasteiger partial charge on any atom is 0.146 e. The van der Waals surface area contributed by atoms with Gasteiger partial charge in [0.2, 0.25) is 0 Å². The Labute approximate surface area is 164 Å². The van der Waals surface area contributed by atoms with Crippen molar-refractivity contribution in [1.29, 1.82) is 0 Å². The van der Waals surface area contributed by atoms with Gasteiger partial charge in [0.05, 0.1) is 23.6 Å². The van der Waals surface area contributed by atoms with E-state index >= 15 is 0 Å². The van der Waals surface area contributed by atoms with Crippen molar-refractivity contribution in [3.8, 4) is 5.75 Å². The molecule has 2 aromatic carbocycles. The van der Waals surface area contributed by atoms with E-state index in [1.807, 2.05) is 19.9 Å². The molecule has 0 spiro atoms. The van der Waals surface area contributed by atoms with Crippen LogP contribution in [0.25, 0.3) is 11.3 Å². The molecule has 5 heteroatoms. The molecule has 1 aliphatic rings. The summed E-state index contributed by atoms with van der Waals surface area (Å²) in [6.45, 7) is 9.69. The van der Waals surface area contributed by atoms with Crippen LogP contribution in [0.1, 0.15) is 31.9 Å². The molecule has 28 heavy (non-hydrogen) atoms. The van der Waals surface area contributed by atoms with Gasteiger partial charge in [-0.15, -0.1) is 0 Å². The summed E-state index contributed by atoms with van der Waals surface area (Å²) in [5.74, 6) is -2.02. The highest BCUT2D eigenvalue weighted by Gasteiger charge is 2.28. The van der Waals surface area contributed by atoms with E-state index in [1.165, 1.54) is 18.0 Å². The molecular formula is C23H24F3NO. The van der Waals surface area contributed by atoms with Crippen molar-refractivity contribution < 1.29 is 17.9 Å². The molecule has 0 fully saturated rings. The standard InChI is InChI=1S/C21H18F3NO.C2H6/c1-4-26-15-10-18(23)20(19(24)11-15)21-16(14-8-6-5-7-9-14)12-17(22)13(2)25(21)3;1-2/h5-12H,2,4H2,1,3H3;1-2H3. The number of rotatable bonds is 4. The van der Waals surface area contributed by atoms with E-state index in [1.54, 1.807) is 31.2 Å². The highest BCUT2D eigenvalue weighted by molar-refractivity contribution is 5.97. The number of allylic oxidation sites excluding steroid dienone is 3. The molecule has 0 N–H and O–H groups in total. The van der Waals surface area contributed by atoms with Gasteiger partial charge in [0.15, 0.2) is 0 Å². The molecule has 0 saturated heterocycles. The van der Waals surface area contributed by atoms with E-state index in [9.17, 15) is 13.2 Å². The Hall–Kier alpha value is -2.95. The van der Waals surface area contributed by atoms with Crippen LogP contribution in [0, 0.1) is 11.6 Å². The number of halogens is 3. The van der Waals surface area contributed by atoms with Gasteiger partial charge in [0.1, 0.15) is 23.2 Å². The van der Waals surface area contributed by atoms with Crippen molar-refractivity contribution in [2.24, 2.45) is 0 Å². The van der Waals surface area contributed by atoms with Gasteiger partial charge in [0, 0.05) is 24.8 Å². The Bertz CT molecular complexity index is 894. The van der Waals surface area contributed by atoms with Crippen LogP contribution in [0.5, 0.6) is 5.75 Å². The number of ether oxygens (including phenoxy) is 1. The van der Waals surface area contributed by atoms with Gasteiger partial charge in [0.25, 0.3) is 0 Å². The van der Waals surface area contributed by atoms with Crippen LogP contribution >= 0.6 is 0 Å². The highest BCUT2D eigenvalue weighted by atomic mass is 19.1. The fourth-order valence-corrected chi connectivity index (χ4v) is 2.92. The fraction of sp³-hybridized carbons (Fsp3) is 0.217. The summed E-state index contributed by atoms with van der Waals surface area (Å²) in [7, 11) is 1.53. The molecule has 3 rings (SSSR count). The molecule has 0 radical (unpaired) electrons. The normalized spacial score (nSPS) is 13.8. The van der Waals surface area contributed by atoms with Crippen molar-refractivity contribution in [2.75, 3.05) is 13.7 Å². The van der Waals surface area contributed by atoms with Crippen LogP contribution in [0.3, 0.4) is 0 Å². The zero-order valence-electron chi connectivity index (χ0n) is 16.5. The van der Waals surface area contributed by atoms with Crippen molar-refractivity contribution in [1.82, 2.24) is 4.90 Å². The molecule has 1 aliphatic heterocycles. The molecule has 1 heterocycles. The monoisotopic (exact) mass is 387 g/mol. The first-order valence-electron chi connectivity index (χ1n) is 9.16. The van der Waals surface area contributed by atoms with Gasteiger partial charge in [-0.1, -0.05) is 50.8 Å². The lowest BCUT2D eigenvalue weighted by molar-refractivity contribution is 0.335. The molecule has 0 atom stereocenters. The smallest absolute Gasteiger partial charge is 0.146 e. The first-order valence-corrected chi connectivity index (χ1v) is 9.16. The van der Waals surface area contributed by atoms with Crippen LogP contribution in [-0.2, 0) is 0 Å². The predicted molar refractivity (Wildman–Crippen MR) is 108 cm³/mol. The first kappa shape index (κ1) is 21.4. The first-order chi connectivity index (χ1) is 13.4. The minimum absolute atomic E-state index is 0.0346. The average molecular weight is 387 g/mol. The zero-order chi connectivity index (χ0) is 20.8. The second-order valence-corrected chi connectivity index (χ2v) is 5.82. The summed E-state index contributed by atoms with van der Waals surface area (Å²) < 4.78 is 49.0. The molecule has 0 unspecified atom stereocenters. The zero-order valence-corrected chi connectivity index (χ0v) is 16.5. The third-order valence-corrected chi connectivity index (χ3v) is 4.19. The number of benzene rings is 2. The number of hydrogen-bond donors (Lipinski definition) is 0. The van der Waals surface area contributed by atoms with E-state index in [2.05, 4.69) is 6.58 Å². The van der Waals surface area contributed by atoms with E-state index in [4.69, 9.17) is 4.74 Å². The lowest BCUT2D eigenvalue weighted by Gasteiger charge is -2.31. The van der Waals surface area contributed by atoms with Crippen molar-refractivity contribution in [3.05, 3.63) is 89.4 Å². The predicted octanol–water partition coefficient (Wildman–Crippen LogP) is 6.57. The molecule has 0 bridgehead atoms. The Morgan fingerprint density at radius 1 is 1.00 bits per heavy atom. The molecule has 0 aromatic heterocycles. The molecule has 0 amide bonds. The third kappa shape index (κ3) is 4.14. The van der Waals surface area contributed by atoms with Gasteiger partial charge < -0.3 is 9.64 Å². The van der Waals surface area contributed by atoms with E-state index in [0.717, 1.165) is 12.1 Å². The topological polar surface area (TPSA) is 12.5 Å².